The van der Waals surface area contributed by atoms with E-state index in [-0.39, 0.29) is 5.92 Å². The summed E-state index contributed by atoms with van der Waals surface area (Å²) in [5, 5.41) is 11.4. The Hall–Kier alpha value is -4.78. The summed E-state index contributed by atoms with van der Waals surface area (Å²) >= 11 is 0. The average Bonchev–Trinajstić information content (AvgIpc) is 3.59. The summed E-state index contributed by atoms with van der Waals surface area (Å²) in [7, 11) is 0. The van der Waals surface area contributed by atoms with Crippen molar-refractivity contribution in [2.24, 2.45) is 0 Å². The SMILES string of the molecule is CC(c1ccncc1)c1cc2ccc(-c3nccc(Nc4ccc(-c5cn[nH]c5)cc4)n3)cc2[nH]1. The fourth-order valence-corrected chi connectivity index (χ4v) is 4.22. The smallest absolute Gasteiger partial charge is 0.161 e. The molecule has 2 aromatic carbocycles. The number of hydrogen-bond donors (Lipinski definition) is 3. The molecule has 3 N–H and O–H groups in total. The topological polar surface area (TPSA) is 95.2 Å². The van der Waals surface area contributed by atoms with E-state index in [2.05, 4.69) is 85.9 Å². The number of anilines is 2. The molecule has 0 aliphatic heterocycles. The first-order valence-electron chi connectivity index (χ1n) is 11.5. The Morgan fingerprint density at radius 3 is 2.46 bits per heavy atom. The van der Waals surface area contributed by atoms with Gasteiger partial charge in [0.25, 0.3) is 0 Å². The van der Waals surface area contributed by atoms with E-state index in [4.69, 9.17) is 4.98 Å². The molecular formula is C28H23N7. The molecule has 0 saturated heterocycles. The van der Waals surface area contributed by atoms with Crippen LogP contribution in [0, 0.1) is 0 Å². The number of hydrogen-bond acceptors (Lipinski definition) is 5. The van der Waals surface area contributed by atoms with Crippen LogP contribution in [-0.4, -0.2) is 30.1 Å². The van der Waals surface area contributed by atoms with Gasteiger partial charge in [0.05, 0.1) is 6.20 Å². The van der Waals surface area contributed by atoms with Crippen LogP contribution in [-0.2, 0) is 0 Å². The molecule has 4 heterocycles. The van der Waals surface area contributed by atoms with Crippen LogP contribution in [0.15, 0.2) is 97.7 Å². The average molecular weight is 458 g/mol. The first-order chi connectivity index (χ1) is 17.2. The third kappa shape index (κ3) is 4.27. The van der Waals surface area contributed by atoms with Crippen LogP contribution >= 0.6 is 0 Å². The number of nitrogens with zero attached hydrogens (tertiary/aromatic N) is 4. The van der Waals surface area contributed by atoms with E-state index in [1.54, 1.807) is 6.20 Å². The molecule has 7 nitrogen and oxygen atoms in total. The summed E-state index contributed by atoms with van der Waals surface area (Å²) in [5.41, 5.74) is 7.53. The zero-order chi connectivity index (χ0) is 23.6. The normalized spacial score (nSPS) is 12.0. The first kappa shape index (κ1) is 20.8. The van der Waals surface area contributed by atoms with Crippen molar-refractivity contribution in [1.82, 2.24) is 30.1 Å². The van der Waals surface area contributed by atoms with E-state index in [9.17, 15) is 0 Å². The Bertz CT molecular complexity index is 1570. The number of aromatic nitrogens is 6. The molecule has 1 atom stereocenters. The number of benzene rings is 2. The second-order valence-electron chi connectivity index (χ2n) is 8.48. The van der Waals surface area contributed by atoms with E-state index >= 15 is 0 Å². The number of pyridine rings is 1. The summed E-state index contributed by atoms with van der Waals surface area (Å²) in [6.45, 7) is 2.20. The van der Waals surface area contributed by atoms with Crippen molar-refractivity contribution < 1.29 is 0 Å². The predicted molar refractivity (Wildman–Crippen MR) is 138 cm³/mol. The van der Waals surface area contributed by atoms with Crippen molar-refractivity contribution in [3.05, 3.63) is 109 Å². The highest BCUT2D eigenvalue weighted by atomic mass is 15.1. The molecule has 0 amide bonds. The molecular weight excluding hydrogens is 434 g/mol. The quantitative estimate of drug-likeness (QED) is 0.273. The second-order valence-corrected chi connectivity index (χ2v) is 8.48. The van der Waals surface area contributed by atoms with Crippen LogP contribution in [0.3, 0.4) is 0 Å². The van der Waals surface area contributed by atoms with Crippen molar-refractivity contribution in [3.63, 3.8) is 0 Å². The van der Waals surface area contributed by atoms with E-state index < -0.39 is 0 Å². The van der Waals surface area contributed by atoms with Gasteiger partial charge in [0.1, 0.15) is 5.82 Å². The Morgan fingerprint density at radius 2 is 1.66 bits per heavy atom. The molecule has 6 aromatic rings. The lowest BCUT2D eigenvalue weighted by molar-refractivity contribution is 0.884. The molecule has 0 aliphatic carbocycles. The molecule has 0 aliphatic rings. The minimum absolute atomic E-state index is 0.248. The molecule has 7 heteroatoms. The first-order valence-corrected chi connectivity index (χ1v) is 11.5. The molecule has 1 unspecified atom stereocenters. The van der Waals surface area contributed by atoms with Crippen LogP contribution < -0.4 is 5.32 Å². The largest absolute Gasteiger partial charge is 0.358 e. The number of H-pyrrole nitrogens is 2. The maximum atomic E-state index is 4.75. The zero-order valence-corrected chi connectivity index (χ0v) is 19.1. The van der Waals surface area contributed by atoms with Gasteiger partial charge in [-0.2, -0.15) is 5.10 Å². The van der Waals surface area contributed by atoms with E-state index in [1.807, 2.05) is 43.0 Å². The van der Waals surface area contributed by atoms with Gasteiger partial charge >= 0.3 is 0 Å². The zero-order valence-electron chi connectivity index (χ0n) is 19.1. The summed E-state index contributed by atoms with van der Waals surface area (Å²) < 4.78 is 0. The van der Waals surface area contributed by atoms with Gasteiger partial charge in [-0.25, -0.2) is 9.97 Å². The lowest BCUT2D eigenvalue weighted by atomic mass is 9.99. The minimum Gasteiger partial charge on any atom is -0.358 e. The van der Waals surface area contributed by atoms with Gasteiger partial charge in [-0.1, -0.05) is 31.2 Å². The third-order valence-corrected chi connectivity index (χ3v) is 6.22. The second kappa shape index (κ2) is 8.87. The van der Waals surface area contributed by atoms with Gasteiger partial charge in [0.15, 0.2) is 5.82 Å². The van der Waals surface area contributed by atoms with Gasteiger partial charge in [-0.3, -0.25) is 10.1 Å². The highest BCUT2D eigenvalue weighted by Gasteiger charge is 2.12. The van der Waals surface area contributed by atoms with Crippen LogP contribution in [0.25, 0.3) is 33.4 Å². The standard InChI is InChI=1S/C28H23N7/c1-18(19-8-11-29-12-9-19)25-14-21-2-3-22(15-26(21)34-25)28-30-13-10-27(35-28)33-24-6-4-20(5-7-24)23-16-31-32-17-23/h2-18,34H,1H3,(H,31,32)(H,30,33,35). The summed E-state index contributed by atoms with van der Waals surface area (Å²) in [6, 6.07) is 22.6. The van der Waals surface area contributed by atoms with Crippen molar-refractivity contribution >= 4 is 22.4 Å². The molecule has 0 bridgehead atoms. The van der Waals surface area contributed by atoms with Crippen molar-refractivity contribution in [3.8, 4) is 22.5 Å². The summed E-state index contributed by atoms with van der Waals surface area (Å²) in [6.07, 6.45) is 9.13. The Labute approximate surface area is 202 Å². The number of aromatic amines is 2. The fourth-order valence-electron chi connectivity index (χ4n) is 4.22. The molecule has 0 radical (unpaired) electrons. The number of nitrogens with one attached hydrogen (secondary N) is 3. The molecule has 6 rings (SSSR count). The molecule has 0 saturated carbocycles. The third-order valence-electron chi connectivity index (χ3n) is 6.22. The van der Waals surface area contributed by atoms with E-state index in [1.165, 1.54) is 11.3 Å². The molecule has 0 fully saturated rings. The number of fused-ring (bicyclic) bond motifs is 1. The van der Waals surface area contributed by atoms with E-state index in [0.717, 1.165) is 39.1 Å². The van der Waals surface area contributed by atoms with Gasteiger partial charge in [-0.05, 0) is 59.0 Å². The van der Waals surface area contributed by atoms with Gasteiger partial charge in [0, 0.05) is 58.7 Å². The molecule has 0 spiro atoms. The molecule has 4 aromatic heterocycles. The van der Waals surface area contributed by atoms with Crippen LogP contribution in [0.4, 0.5) is 11.5 Å². The van der Waals surface area contributed by atoms with Crippen LogP contribution in [0.1, 0.15) is 24.1 Å². The van der Waals surface area contributed by atoms with E-state index in [0.29, 0.717) is 5.82 Å². The monoisotopic (exact) mass is 457 g/mol. The highest BCUT2D eigenvalue weighted by Crippen LogP contribution is 2.29. The highest BCUT2D eigenvalue weighted by molar-refractivity contribution is 5.85. The van der Waals surface area contributed by atoms with Crippen molar-refractivity contribution in [2.75, 3.05) is 5.32 Å². The maximum Gasteiger partial charge on any atom is 0.161 e. The summed E-state index contributed by atoms with van der Waals surface area (Å²) in [5.74, 6) is 1.66. The lowest BCUT2D eigenvalue weighted by Gasteiger charge is -2.09. The minimum atomic E-state index is 0.248. The number of rotatable bonds is 6. The molecule has 35 heavy (non-hydrogen) atoms. The summed E-state index contributed by atoms with van der Waals surface area (Å²) in [4.78, 5) is 17.0. The van der Waals surface area contributed by atoms with Crippen LogP contribution in [0.5, 0.6) is 0 Å². The van der Waals surface area contributed by atoms with Gasteiger partial charge in [-0.15, -0.1) is 0 Å². The van der Waals surface area contributed by atoms with Crippen LogP contribution in [0.2, 0.25) is 0 Å². The Morgan fingerprint density at radius 1 is 0.829 bits per heavy atom. The fraction of sp³-hybridized carbons (Fsp3) is 0.0714. The predicted octanol–water partition coefficient (Wildman–Crippen LogP) is 6.31. The molecule has 170 valence electrons. The maximum absolute atomic E-state index is 4.75. The van der Waals surface area contributed by atoms with Crippen molar-refractivity contribution in [2.45, 2.75) is 12.8 Å². The Kier molecular flexibility index (Phi) is 5.27. The lowest BCUT2D eigenvalue weighted by Crippen LogP contribution is -1.97. The van der Waals surface area contributed by atoms with Crippen molar-refractivity contribution in [1.29, 1.82) is 0 Å². The Balaban J connectivity index is 1.24. The van der Waals surface area contributed by atoms with Gasteiger partial charge < -0.3 is 10.3 Å². The van der Waals surface area contributed by atoms with Gasteiger partial charge in [0.2, 0.25) is 0 Å².